The molecule has 1 fully saturated rings. The van der Waals surface area contributed by atoms with Gasteiger partial charge < -0.3 is 33.7 Å². The smallest absolute Gasteiger partial charge is 0.408 e. The van der Waals surface area contributed by atoms with Gasteiger partial charge in [0.05, 0.1) is 44.0 Å². The van der Waals surface area contributed by atoms with E-state index in [-0.39, 0.29) is 44.2 Å². The first-order valence-corrected chi connectivity index (χ1v) is 22.0. The third-order valence-electron chi connectivity index (χ3n) is 10.1. The molecule has 11 heteroatoms. The van der Waals surface area contributed by atoms with Crippen molar-refractivity contribution in [3.8, 4) is 0 Å². The summed E-state index contributed by atoms with van der Waals surface area (Å²) >= 11 is 0. The number of benzene rings is 5. The number of amides is 1. The lowest BCUT2D eigenvalue weighted by atomic mass is 9.91. The molecule has 1 unspecified atom stereocenters. The first-order chi connectivity index (χ1) is 28.9. The van der Waals surface area contributed by atoms with Crippen molar-refractivity contribution >= 4 is 15.9 Å². The highest BCUT2D eigenvalue weighted by molar-refractivity contribution is 7.92. The summed E-state index contributed by atoms with van der Waals surface area (Å²) in [6.07, 6.45) is -4.14. The molecule has 1 heterocycles. The average molecular weight is 836 g/mol. The van der Waals surface area contributed by atoms with Crippen LogP contribution in [-0.2, 0) is 64.7 Å². The van der Waals surface area contributed by atoms with Crippen LogP contribution in [0, 0.1) is 6.92 Å². The summed E-state index contributed by atoms with van der Waals surface area (Å²) in [4.78, 5) is 13.3. The summed E-state index contributed by atoms with van der Waals surface area (Å²) in [5.41, 5.74) is 3.95. The van der Waals surface area contributed by atoms with Gasteiger partial charge in [-0.25, -0.2) is 13.2 Å². The van der Waals surface area contributed by atoms with Crippen LogP contribution in [0.5, 0.6) is 0 Å². The minimum atomic E-state index is -4.10. The van der Waals surface area contributed by atoms with Crippen molar-refractivity contribution in [2.45, 2.75) is 113 Å². The Morgan fingerprint density at radius 1 is 0.617 bits per heavy atom. The van der Waals surface area contributed by atoms with Crippen LogP contribution in [0.4, 0.5) is 4.79 Å². The van der Waals surface area contributed by atoms with E-state index in [0.717, 1.165) is 27.8 Å². The van der Waals surface area contributed by atoms with Gasteiger partial charge in [-0.05, 0) is 74.9 Å². The molecule has 318 valence electrons. The fourth-order valence-electron chi connectivity index (χ4n) is 7.07. The fraction of sp³-hybridized carbons (Fsp3) is 0.367. The van der Waals surface area contributed by atoms with Crippen LogP contribution in [0.1, 0.15) is 61.4 Å². The van der Waals surface area contributed by atoms with Gasteiger partial charge >= 0.3 is 6.09 Å². The highest BCUT2D eigenvalue weighted by atomic mass is 32.2. The highest BCUT2D eigenvalue weighted by Gasteiger charge is 2.49. The van der Waals surface area contributed by atoms with Crippen LogP contribution < -0.4 is 5.32 Å². The van der Waals surface area contributed by atoms with Crippen LogP contribution in [0.15, 0.2) is 150 Å². The van der Waals surface area contributed by atoms with E-state index in [1.807, 2.05) is 128 Å². The molecule has 10 nitrogen and oxygen atoms in total. The molecule has 60 heavy (non-hydrogen) atoms. The molecule has 6 rings (SSSR count). The van der Waals surface area contributed by atoms with Gasteiger partial charge in [-0.1, -0.05) is 139 Å². The number of nitrogens with one attached hydrogen (secondary N) is 1. The lowest BCUT2D eigenvalue weighted by Crippen LogP contribution is -2.61. The maximum Gasteiger partial charge on any atom is 0.408 e. The second-order valence-corrected chi connectivity index (χ2v) is 18.2. The Morgan fingerprint density at radius 3 is 1.52 bits per heavy atom. The summed E-state index contributed by atoms with van der Waals surface area (Å²) in [5, 5.41) is 1.33. The SMILES string of the molecule is Cc1ccc(S(=O)(=O)C(CC[C@H]2O[C@H](COCc3ccccc3)[C@@H](OCc3ccccc3)[C@H](OCc3ccccc3)[C@@H]2OCc2ccccc2)NC(=O)OC(C)(C)C)cc1. The standard InChI is InChI=1S/C49H57NO9S/c1-36-25-27-41(28-26-36)60(52,53)44(50-48(51)59-49(2,3)4)30-29-42-45(55-32-38-19-11-6-12-20-38)47(57-34-40-23-15-8-16-24-40)46(56-33-39-21-13-7-14-22-39)43(58-42)35-54-31-37-17-9-5-10-18-37/h5-28,42-47H,29-35H2,1-4H3,(H,50,51)/t42-,43-,44?,45-,46-,47-/m1/s1. The largest absolute Gasteiger partial charge is 0.444 e. The van der Waals surface area contributed by atoms with E-state index >= 15 is 0 Å². The third-order valence-corrected chi connectivity index (χ3v) is 12.1. The molecule has 5 aromatic carbocycles. The zero-order chi connectivity index (χ0) is 42.4. The number of carbonyl (C=O) groups is 1. The third kappa shape index (κ3) is 13.3. The molecule has 0 aliphatic carbocycles. The molecule has 6 atom stereocenters. The van der Waals surface area contributed by atoms with Gasteiger partial charge in [0.25, 0.3) is 0 Å². The van der Waals surface area contributed by atoms with Crippen molar-refractivity contribution in [1.29, 1.82) is 0 Å². The van der Waals surface area contributed by atoms with E-state index in [9.17, 15) is 13.2 Å². The molecule has 1 amide bonds. The van der Waals surface area contributed by atoms with Gasteiger partial charge in [0, 0.05) is 0 Å². The number of aryl methyl sites for hydroxylation is 1. The van der Waals surface area contributed by atoms with E-state index in [1.165, 1.54) is 0 Å². The Kier molecular flexibility index (Phi) is 16.1. The van der Waals surface area contributed by atoms with Crippen molar-refractivity contribution in [2.75, 3.05) is 6.61 Å². The van der Waals surface area contributed by atoms with Crippen LogP contribution in [0.3, 0.4) is 0 Å². The molecule has 0 radical (unpaired) electrons. The van der Waals surface area contributed by atoms with Crippen molar-refractivity contribution in [1.82, 2.24) is 5.32 Å². The van der Waals surface area contributed by atoms with Crippen molar-refractivity contribution in [2.24, 2.45) is 0 Å². The molecule has 1 aliphatic heterocycles. The van der Waals surface area contributed by atoms with Gasteiger partial charge in [-0.15, -0.1) is 0 Å². The van der Waals surface area contributed by atoms with Gasteiger partial charge in [-0.2, -0.15) is 0 Å². The Balaban J connectivity index is 1.36. The Labute approximate surface area is 355 Å². The first kappa shape index (κ1) is 44.7. The van der Waals surface area contributed by atoms with Crippen LogP contribution in [0.25, 0.3) is 0 Å². The molecule has 1 saturated heterocycles. The molecular formula is C49H57NO9S. The molecule has 0 bridgehead atoms. The van der Waals surface area contributed by atoms with E-state index < -0.39 is 57.4 Å². The Bertz CT molecular complexity index is 2130. The van der Waals surface area contributed by atoms with Gasteiger partial charge in [0.2, 0.25) is 0 Å². The summed E-state index contributed by atoms with van der Waals surface area (Å²) < 4.78 is 68.0. The van der Waals surface area contributed by atoms with Crippen molar-refractivity contribution in [3.63, 3.8) is 0 Å². The van der Waals surface area contributed by atoms with E-state index in [1.54, 1.807) is 45.0 Å². The number of sulfone groups is 1. The van der Waals surface area contributed by atoms with E-state index in [2.05, 4.69) is 5.32 Å². The maximum atomic E-state index is 14.3. The summed E-state index contributed by atoms with van der Waals surface area (Å²) in [7, 11) is -4.10. The second kappa shape index (κ2) is 21.6. The molecule has 5 aromatic rings. The average Bonchev–Trinajstić information content (AvgIpc) is 3.24. The predicted molar refractivity (Wildman–Crippen MR) is 231 cm³/mol. The number of hydrogen-bond donors (Lipinski definition) is 1. The lowest BCUT2D eigenvalue weighted by Gasteiger charge is -2.46. The van der Waals surface area contributed by atoms with Gasteiger partial charge in [0.15, 0.2) is 9.84 Å². The zero-order valence-corrected chi connectivity index (χ0v) is 35.7. The Morgan fingerprint density at radius 2 is 1.05 bits per heavy atom. The number of hydrogen-bond acceptors (Lipinski definition) is 9. The molecule has 0 spiro atoms. The predicted octanol–water partition coefficient (Wildman–Crippen LogP) is 9.14. The first-order valence-electron chi connectivity index (χ1n) is 20.5. The van der Waals surface area contributed by atoms with Crippen molar-refractivity contribution in [3.05, 3.63) is 173 Å². The normalized spacial score (nSPS) is 20.0. The summed E-state index contributed by atoms with van der Waals surface area (Å²) in [6, 6.07) is 46.1. The molecule has 0 aromatic heterocycles. The van der Waals surface area contributed by atoms with Crippen LogP contribution in [0.2, 0.25) is 0 Å². The molecule has 1 aliphatic rings. The highest BCUT2D eigenvalue weighted by Crippen LogP contribution is 2.34. The summed E-state index contributed by atoms with van der Waals surface area (Å²) in [5.74, 6) is 0. The molecular weight excluding hydrogens is 779 g/mol. The maximum absolute atomic E-state index is 14.3. The number of carbonyl (C=O) groups excluding carboxylic acids is 1. The van der Waals surface area contributed by atoms with Gasteiger partial charge in [-0.3, -0.25) is 0 Å². The number of ether oxygens (including phenoxy) is 6. The minimum Gasteiger partial charge on any atom is -0.444 e. The molecule has 1 N–H and O–H groups in total. The van der Waals surface area contributed by atoms with E-state index in [0.29, 0.717) is 6.61 Å². The van der Waals surface area contributed by atoms with Crippen LogP contribution in [-0.4, -0.2) is 62.6 Å². The fourth-order valence-corrected chi connectivity index (χ4v) is 8.61. The van der Waals surface area contributed by atoms with Gasteiger partial charge in [0.1, 0.15) is 35.4 Å². The quantitative estimate of drug-likeness (QED) is 0.0869. The number of rotatable bonds is 19. The summed E-state index contributed by atoms with van der Waals surface area (Å²) in [6.45, 7) is 8.35. The topological polar surface area (TPSA) is 119 Å². The lowest BCUT2D eigenvalue weighted by molar-refractivity contribution is -0.273. The zero-order valence-electron chi connectivity index (χ0n) is 34.9. The van der Waals surface area contributed by atoms with Crippen molar-refractivity contribution < 1.29 is 41.6 Å². The van der Waals surface area contributed by atoms with E-state index in [4.69, 9.17) is 28.4 Å². The minimum absolute atomic E-state index is 0.0240. The molecule has 0 saturated carbocycles. The second-order valence-electron chi connectivity index (χ2n) is 16.1. The monoisotopic (exact) mass is 835 g/mol. The number of alkyl carbamates (subject to hydrolysis) is 1. The van der Waals surface area contributed by atoms with Crippen LogP contribution >= 0.6 is 0 Å². The Hall–Kier alpha value is -4.88.